The molecule has 1 heterocycles. The Labute approximate surface area is 153 Å². The van der Waals surface area contributed by atoms with Crippen LogP contribution in [0.3, 0.4) is 0 Å². The highest BCUT2D eigenvalue weighted by Crippen LogP contribution is 2.38. The lowest BCUT2D eigenvalue weighted by Crippen LogP contribution is -2.47. The molecule has 3 fully saturated rings. The lowest BCUT2D eigenvalue weighted by Gasteiger charge is -2.24. The number of imide groups is 1. The molecule has 3 rings (SSSR count). The van der Waals surface area contributed by atoms with Gasteiger partial charge < -0.3 is 10.1 Å². The number of fused-ring (bicyclic) bond motifs is 1. The second-order valence-electron chi connectivity index (χ2n) is 7.79. The van der Waals surface area contributed by atoms with Gasteiger partial charge in [-0.2, -0.15) is 0 Å². The summed E-state index contributed by atoms with van der Waals surface area (Å²) in [6.45, 7) is 3.01. The number of hydrogen-bond acceptors (Lipinski definition) is 5. The third-order valence-corrected chi connectivity index (χ3v) is 5.97. The van der Waals surface area contributed by atoms with Crippen molar-refractivity contribution >= 4 is 23.7 Å². The minimum absolute atomic E-state index is 0.144. The zero-order chi connectivity index (χ0) is 18.8. The Bertz CT molecular complexity index is 575. The fraction of sp³-hybridized carbons (Fsp3) is 0.789. The quantitative estimate of drug-likeness (QED) is 0.590. The lowest BCUT2D eigenvalue weighted by molar-refractivity contribution is -0.164. The zero-order valence-electron chi connectivity index (χ0n) is 15.5. The van der Waals surface area contributed by atoms with Crippen LogP contribution in [0.5, 0.6) is 0 Å². The summed E-state index contributed by atoms with van der Waals surface area (Å²) in [5.41, 5.74) is 0. The highest BCUT2D eigenvalue weighted by molar-refractivity contribution is 6.07. The molecule has 1 N–H and O–H groups in total. The summed E-state index contributed by atoms with van der Waals surface area (Å²) >= 11 is 0. The minimum Gasteiger partial charge on any atom is -0.451 e. The van der Waals surface area contributed by atoms with E-state index in [4.69, 9.17) is 4.74 Å². The summed E-state index contributed by atoms with van der Waals surface area (Å²) < 4.78 is 5.25. The van der Waals surface area contributed by atoms with Crippen molar-refractivity contribution in [2.24, 2.45) is 11.8 Å². The maximum absolute atomic E-state index is 12.6. The fourth-order valence-corrected chi connectivity index (χ4v) is 4.39. The molecule has 0 aromatic heterocycles. The number of carbonyl (C=O) groups excluding carboxylic acids is 4. The summed E-state index contributed by atoms with van der Waals surface area (Å²) in [6, 6.07) is -0.853. The molecule has 7 heteroatoms. The van der Waals surface area contributed by atoms with Crippen LogP contribution in [-0.4, -0.2) is 46.8 Å². The third kappa shape index (κ3) is 3.62. The van der Waals surface area contributed by atoms with Gasteiger partial charge in [0, 0.05) is 6.04 Å². The molecule has 4 atom stereocenters. The molecule has 0 aromatic carbocycles. The number of likely N-dealkylation sites (tertiary alicyclic amines) is 1. The SMILES string of the molecule is CC(OC(=O)C(C)N1C(=O)C2CCCCC2C1=O)C(=O)NC1CCCC1. The van der Waals surface area contributed by atoms with E-state index in [0.717, 1.165) is 43.4 Å². The van der Waals surface area contributed by atoms with E-state index in [1.54, 1.807) is 0 Å². The first-order valence-corrected chi connectivity index (χ1v) is 9.78. The van der Waals surface area contributed by atoms with Gasteiger partial charge in [-0.05, 0) is 39.5 Å². The van der Waals surface area contributed by atoms with Crippen LogP contribution >= 0.6 is 0 Å². The van der Waals surface area contributed by atoms with Crippen molar-refractivity contribution in [2.45, 2.75) is 83.4 Å². The topological polar surface area (TPSA) is 92.8 Å². The lowest BCUT2D eigenvalue weighted by atomic mass is 9.81. The number of esters is 1. The van der Waals surface area contributed by atoms with E-state index in [-0.39, 0.29) is 35.6 Å². The molecule has 3 aliphatic rings. The average Bonchev–Trinajstić information content (AvgIpc) is 3.22. The number of carbonyl (C=O) groups is 4. The predicted octanol–water partition coefficient (Wildman–Crippen LogP) is 1.54. The van der Waals surface area contributed by atoms with Gasteiger partial charge in [0.25, 0.3) is 5.91 Å². The van der Waals surface area contributed by atoms with E-state index in [9.17, 15) is 19.2 Å². The third-order valence-electron chi connectivity index (χ3n) is 5.97. The smallest absolute Gasteiger partial charge is 0.329 e. The maximum Gasteiger partial charge on any atom is 0.329 e. The fourth-order valence-electron chi connectivity index (χ4n) is 4.39. The van der Waals surface area contributed by atoms with Crippen molar-refractivity contribution in [3.63, 3.8) is 0 Å². The Morgan fingerprint density at radius 3 is 2.00 bits per heavy atom. The largest absolute Gasteiger partial charge is 0.451 e. The predicted molar refractivity (Wildman–Crippen MR) is 92.7 cm³/mol. The number of amides is 3. The number of rotatable bonds is 5. The second-order valence-corrected chi connectivity index (χ2v) is 7.79. The second kappa shape index (κ2) is 7.76. The average molecular weight is 364 g/mol. The van der Waals surface area contributed by atoms with Gasteiger partial charge in [0.15, 0.2) is 6.10 Å². The van der Waals surface area contributed by atoms with Gasteiger partial charge >= 0.3 is 5.97 Å². The van der Waals surface area contributed by atoms with Crippen LogP contribution in [0, 0.1) is 11.8 Å². The highest BCUT2D eigenvalue weighted by Gasteiger charge is 2.51. The highest BCUT2D eigenvalue weighted by atomic mass is 16.5. The van der Waals surface area contributed by atoms with Crippen molar-refractivity contribution < 1.29 is 23.9 Å². The van der Waals surface area contributed by atoms with E-state index in [1.807, 2.05) is 0 Å². The zero-order valence-corrected chi connectivity index (χ0v) is 15.5. The summed E-state index contributed by atoms with van der Waals surface area (Å²) in [5.74, 6) is -2.17. The van der Waals surface area contributed by atoms with Gasteiger partial charge in [-0.1, -0.05) is 25.7 Å². The van der Waals surface area contributed by atoms with Crippen LogP contribution in [0.25, 0.3) is 0 Å². The molecule has 3 amide bonds. The number of hydrogen-bond donors (Lipinski definition) is 1. The molecule has 26 heavy (non-hydrogen) atoms. The van der Waals surface area contributed by atoms with E-state index >= 15 is 0 Å². The Hall–Kier alpha value is -1.92. The molecule has 7 nitrogen and oxygen atoms in total. The van der Waals surface area contributed by atoms with E-state index in [0.29, 0.717) is 12.8 Å². The van der Waals surface area contributed by atoms with Crippen LogP contribution in [0.1, 0.15) is 65.2 Å². The van der Waals surface area contributed by atoms with Crippen molar-refractivity contribution in [3.8, 4) is 0 Å². The van der Waals surface area contributed by atoms with Gasteiger partial charge in [0.1, 0.15) is 6.04 Å². The summed E-state index contributed by atoms with van der Waals surface area (Å²) in [5, 5.41) is 2.89. The molecular weight excluding hydrogens is 336 g/mol. The van der Waals surface area contributed by atoms with Crippen molar-refractivity contribution in [1.29, 1.82) is 0 Å². The van der Waals surface area contributed by atoms with Crippen LogP contribution in [-0.2, 0) is 23.9 Å². The summed E-state index contributed by atoms with van der Waals surface area (Å²) in [7, 11) is 0. The first-order chi connectivity index (χ1) is 12.4. The molecule has 144 valence electrons. The summed E-state index contributed by atoms with van der Waals surface area (Å²) in [4.78, 5) is 50.8. The van der Waals surface area contributed by atoms with Crippen LogP contribution < -0.4 is 5.32 Å². The molecule has 0 radical (unpaired) electrons. The van der Waals surface area contributed by atoms with Gasteiger partial charge in [0.2, 0.25) is 11.8 Å². The van der Waals surface area contributed by atoms with Gasteiger partial charge in [0.05, 0.1) is 11.8 Å². The molecule has 0 spiro atoms. The standard InChI is InChI=1S/C19H28N2O5/c1-11(21-17(23)14-9-5-6-10-15(14)18(21)24)19(25)26-12(2)16(22)20-13-7-3-4-8-13/h11-15H,3-10H2,1-2H3,(H,20,22). The number of nitrogens with zero attached hydrogens (tertiary/aromatic N) is 1. The Morgan fingerprint density at radius 1 is 0.962 bits per heavy atom. The van der Waals surface area contributed by atoms with E-state index in [2.05, 4.69) is 5.32 Å². The Kier molecular flexibility index (Phi) is 5.63. The van der Waals surface area contributed by atoms with Crippen molar-refractivity contribution in [2.75, 3.05) is 0 Å². The molecule has 0 bridgehead atoms. The first-order valence-electron chi connectivity index (χ1n) is 9.78. The van der Waals surface area contributed by atoms with Crippen molar-refractivity contribution in [1.82, 2.24) is 10.2 Å². The van der Waals surface area contributed by atoms with Gasteiger partial charge in [-0.3, -0.25) is 19.3 Å². The van der Waals surface area contributed by atoms with Crippen LogP contribution in [0.4, 0.5) is 0 Å². The van der Waals surface area contributed by atoms with Crippen molar-refractivity contribution in [3.05, 3.63) is 0 Å². The minimum atomic E-state index is -0.998. The molecule has 4 unspecified atom stereocenters. The van der Waals surface area contributed by atoms with Crippen LogP contribution in [0.2, 0.25) is 0 Å². The van der Waals surface area contributed by atoms with Gasteiger partial charge in [-0.25, -0.2) is 4.79 Å². The number of ether oxygens (including phenoxy) is 1. The van der Waals surface area contributed by atoms with E-state index < -0.39 is 18.1 Å². The Balaban J connectivity index is 1.57. The maximum atomic E-state index is 12.6. The van der Waals surface area contributed by atoms with E-state index in [1.165, 1.54) is 13.8 Å². The molecule has 2 aliphatic carbocycles. The Morgan fingerprint density at radius 2 is 1.46 bits per heavy atom. The van der Waals surface area contributed by atoms with Crippen LogP contribution in [0.15, 0.2) is 0 Å². The molecular formula is C19H28N2O5. The number of nitrogens with one attached hydrogen (secondary N) is 1. The normalized spacial score (nSPS) is 28.6. The molecule has 1 saturated heterocycles. The molecule has 1 aliphatic heterocycles. The monoisotopic (exact) mass is 364 g/mol. The van der Waals surface area contributed by atoms with Gasteiger partial charge in [-0.15, -0.1) is 0 Å². The first kappa shape index (κ1) is 18.9. The summed E-state index contributed by atoms with van der Waals surface area (Å²) in [6.07, 6.45) is 6.42. The molecule has 2 saturated carbocycles. The molecule has 0 aromatic rings.